The zero-order valence-corrected chi connectivity index (χ0v) is 8.62. The van der Waals surface area contributed by atoms with Crippen LogP contribution in [0.4, 0.5) is 0 Å². The van der Waals surface area contributed by atoms with Gasteiger partial charge in [-0.25, -0.2) is 4.98 Å². The van der Waals surface area contributed by atoms with E-state index in [0.29, 0.717) is 6.42 Å². The molecule has 0 aliphatic carbocycles. The third kappa shape index (κ3) is 1.75. The molecule has 0 N–H and O–H groups in total. The number of carbonyl (C=O) groups is 1. The van der Waals surface area contributed by atoms with Crippen LogP contribution in [-0.4, -0.2) is 15.5 Å². The highest BCUT2D eigenvalue weighted by Crippen LogP contribution is 2.10. The van der Waals surface area contributed by atoms with Crippen molar-refractivity contribution in [3.8, 4) is 0 Å². The second-order valence-electron chi connectivity index (χ2n) is 2.99. The van der Waals surface area contributed by atoms with Crippen molar-refractivity contribution in [3.05, 3.63) is 40.6 Å². The summed E-state index contributed by atoms with van der Waals surface area (Å²) in [4.78, 5) is 16.8. The maximum atomic E-state index is 11.7. The fourth-order valence-electron chi connectivity index (χ4n) is 1.29. The third-order valence-electron chi connectivity index (χ3n) is 2.00. The summed E-state index contributed by atoms with van der Waals surface area (Å²) in [7, 11) is 0. The van der Waals surface area contributed by atoms with Crippen molar-refractivity contribution in [2.45, 2.75) is 13.3 Å². The molecule has 0 spiro atoms. The molecule has 0 fully saturated rings. The van der Waals surface area contributed by atoms with Gasteiger partial charge in [-0.1, -0.05) is 6.07 Å². The lowest BCUT2D eigenvalue weighted by Crippen LogP contribution is -2.13. The molecule has 0 aliphatic heterocycles. The predicted molar refractivity (Wildman–Crippen MR) is 55.6 cm³/mol. The number of hydrogen-bond donors (Lipinski definition) is 0. The summed E-state index contributed by atoms with van der Waals surface area (Å²) >= 11 is 1.60. The van der Waals surface area contributed by atoms with Crippen LogP contribution in [-0.2, 0) is 6.42 Å². The number of nitrogens with zero attached hydrogens (tertiary/aromatic N) is 2. The van der Waals surface area contributed by atoms with E-state index >= 15 is 0 Å². The van der Waals surface area contributed by atoms with E-state index in [1.54, 1.807) is 28.3 Å². The van der Waals surface area contributed by atoms with Crippen molar-refractivity contribution in [3.63, 3.8) is 0 Å². The van der Waals surface area contributed by atoms with E-state index in [-0.39, 0.29) is 5.91 Å². The number of hydrogen-bond acceptors (Lipinski definition) is 3. The minimum absolute atomic E-state index is 0.0717. The van der Waals surface area contributed by atoms with Gasteiger partial charge in [0.1, 0.15) is 5.82 Å². The monoisotopic (exact) mass is 206 g/mol. The minimum Gasteiger partial charge on any atom is -0.274 e. The first kappa shape index (κ1) is 9.15. The molecule has 72 valence electrons. The van der Waals surface area contributed by atoms with Crippen molar-refractivity contribution in [1.29, 1.82) is 0 Å². The van der Waals surface area contributed by atoms with E-state index in [4.69, 9.17) is 0 Å². The van der Waals surface area contributed by atoms with E-state index in [1.807, 2.05) is 24.4 Å². The molecule has 0 amide bonds. The topological polar surface area (TPSA) is 34.9 Å². The fourth-order valence-corrected chi connectivity index (χ4v) is 1.98. The lowest BCUT2D eigenvalue weighted by atomic mass is 10.3. The predicted octanol–water partition coefficient (Wildman–Crippen LogP) is 2.14. The molecule has 0 saturated carbocycles. The largest absolute Gasteiger partial charge is 0.274 e. The van der Waals surface area contributed by atoms with Gasteiger partial charge in [0.25, 0.3) is 0 Å². The third-order valence-corrected chi connectivity index (χ3v) is 2.88. The Morgan fingerprint density at radius 3 is 3.07 bits per heavy atom. The number of imidazole rings is 1. The van der Waals surface area contributed by atoms with Crippen LogP contribution in [0.25, 0.3) is 0 Å². The Balaban J connectivity index is 2.14. The number of aromatic nitrogens is 2. The van der Waals surface area contributed by atoms with Crippen LogP contribution in [0.3, 0.4) is 0 Å². The first-order valence-electron chi connectivity index (χ1n) is 4.33. The summed E-state index contributed by atoms with van der Waals surface area (Å²) in [5, 5.41) is 1.98. The van der Waals surface area contributed by atoms with Crippen LogP contribution in [0.15, 0.2) is 29.9 Å². The van der Waals surface area contributed by atoms with Gasteiger partial charge in [0.2, 0.25) is 5.91 Å². The SMILES string of the molecule is Cc1nccn1C(=O)Cc1cccs1. The van der Waals surface area contributed by atoms with Crippen molar-refractivity contribution in [1.82, 2.24) is 9.55 Å². The van der Waals surface area contributed by atoms with Crippen LogP contribution < -0.4 is 0 Å². The molecule has 0 saturated heterocycles. The Morgan fingerprint density at radius 2 is 2.50 bits per heavy atom. The van der Waals surface area contributed by atoms with Crippen molar-refractivity contribution >= 4 is 17.2 Å². The molecular weight excluding hydrogens is 196 g/mol. The zero-order valence-electron chi connectivity index (χ0n) is 7.80. The van der Waals surface area contributed by atoms with Gasteiger partial charge in [0.05, 0.1) is 6.42 Å². The van der Waals surface area contributed by atoms with E-state index in [2.05, 4.69) is 4.98 Å². The van der Waals surface area contributed by atoms with Gasteiger partial charge >= 0.3 is 0 Å². The number of aryl methyl sites for hydroxylation is 1. The summed E-state index contributed by atoms with van der Waals surface area (Å²) in [6, 6.07) is 3.92. The Kier molecular flexibility index (Phi) is 2.45. The van der Waals surface area contributed by atoms with Gasteiger partial charge in [-0.15, -0.1) is 11.3 Å². The van der Waals surface area contributed by atoms with Crippen LogP contribution >= 0.6 is 11.3 Å². The summed E-state index contributed by atoms with van der Waals surface area (Å²) in [5.41, 5.74) is 0. The van der Waals surface area contributed by atoms with Crippen LogP contribution in [0.1, 0.15) is 15.5 Å². The van der Waals surface area contributed by atoms with Crippen molar-refractivity contribution in [2.24, 2.45) is 0 Å². The molecule has 0 atom stereocenters. The first-order chi connectivity index (χ1) is 6.77. The zero-order chi connectivity index (χ0) is 9.97. The van der Waals surface area contributed by atoms with E-state index in [0.717, 1.165) is 10.7 Å². The first-order valence-corrected chi connectivity index (χ1v) is 5.21. The van der Waals surface area contributed by atoms with Gasteiger partial charge in [-0.3, -0.25) is 9.36 Å². The molecule has 14 heavy (non-hydrogen) atoms. The lowest BCUT2D eigenvalue weighted by molar-refractivity contribution is 0.0912. The Morgan fingerprint density at radius 1 is 1.64 bits per heavy atom. The summed E-state index contributed by atoms with van der Waals surface area (Å²) in [6.07, 6.45) is 3.79. The smallest absolute Gasteiger partial charge is 0.237 e. The van der Waals surface area contributed by atoms with E-state index in [9.17, 15) is 4.79 Å². The molecule has 0 unspecified atom stereocenters. The van der Waals surface area contributed by atoms with Gasteiger partial charge in [-0.2, -0.15) is 0 Å². The minimum atomic E-state index is 0.0717. The number of carbonyl (C=O) groups excluding carboxylic acids is 1. The molecule has 0 radical (unpaired) electrons. The van der Waals surface area contributed by atoms with Crippen molar-refractivity contribution in [2.75, 3.05) is 0 Å². The molecule has 4 heteroatoms. The Labute approximate surface area is 86.0 Å². The molecule has 2 aromatic rings. The van der Waals surface area contributed by atoms with Gasteiger partial charge < -0.3 is 0 Å². The van der Waals surface area contributed by atoms with Gasteiger partial charge in [-0.05, 0) is 18.4 Å². The maximum absolute atomic E-state index is 11.7. The van der Waals surface area contributed by atoms with E-state index < -0.39 is 0 Å². The molecule has 2 heterocycles. The average molecular weight is 206 g/mol. The maximum Gasteiger partial charge on any atom is 0.237 e. The van der Waals surface area contributed by atoms with E-state index in [1.165, 1.54) is 0 Å². The normalized spacial score (nSPS) is 10.4. The molecule has 2 rings (SSSR count). The highest BCUT2D eigenvalue weighted by atomic mass is 32.1. The number of thiophene rings is 1. The molecule has 0 bridgehead atoms. The van der Waals surface area contributed by atoms with Gasteiger partial charge in [0, 0.05) is 17.3 Å². The van der Waals surface area contributed by atoms with Crippen LogP contribution in [0, 0.1) is 6.92 Å². The summed E-state index contributed by atoms with van der Waals surface area (Å²) in [6.45, 7) is 1.83. The molecule has 0 aromatic carbocycles. The molecule has 3 nitrogen and oxygen atoms in total. The second kappa shape index (κ2) is 3.75. The van der Waals surface area contributed by atoms with Gasteiger partial charge in [0.15, 0.2) is 0 Å². The highest BCUT2D eigenvalue weighted by Gasteiger charge is 2.08. The lowest BCUT2D eigenvalue weighted by Gasteiger charge is -2.01. The highest BCUT2D eigenvalue weighted by molar-refractivity contribution is 7.10. The number of rotatable bonds is 2. The Hall–Kier alpha value is -1.42. The summed E-state index contributed by atoms with van der Waals surface area (Å²) < 4.78 is 1.58. The Bertz CT molecular complexity index is 431. The average Bonchev–Trinajstić information content (AvgIpc) is 2.75. The molecular formula is C10H10N2OS. The molecule has 0 aliphatic rings. The fraction of sp³-hybridized carbons (Fsp3) is 0.200. The molecule has 2 aromatic heterocycles. The standard InChI is InChI=1S/C10H10N2OS/c1-8-11-4-5-12(8)10(13)7-9-3-2-6-14-9/h2-6H,7H2,1H3. The van der Waals surface area contributed by atoms with Crippen molar-refractivity contribution < 1.29 is 4.79 Å². The second-order valence-corrected chi connectivity index (χ2v) is 4.03. The quantitative estimate of drug-likeness (QED) is 0.754. The summed E-state index contributed by atoms with van der Waals surface area (Å²) in [5.74, 6) is 0.814. The van der Waals surface area contributed by atoms with Crippen LogP contribution in [0.5, 0.6) is 0 Å². The van der Waals surface area contributed by atoms with Crippen LogP contribution in [0.2, 0.25) is 0 Å².